The van der Waals surface area contributed by atoms with Gasteiger partial charge in [-0.3, -0.25) is 4.90 Å². The van der Waals surface area contributed by atoms with Gasteiger partial charge in [-0.15, -0.1) is 0 Å². The van der Waals surface area contributed by atoms with Crippen LogP contribution in [0.3, 0.4) is 0 Å². The summed E-state index contributed by atoms with van der Waals surface area (Å²) in [6, 6.07) is 9.99. The summed E-state index contributed by atoms with van der Waals surface area (Å²) in [5.74, 6) is 0. The quantitative estimate of drug-likeness (QED) is 0.910. The highest BCUT2D eigenvalue weighted by atomic mass is 15.2. The zero-order valence-corrected chi connectivity index (χ0v) is 13.7. The second-order valence-electron chi connectivity index (χ2n) is 7.35. The standard InChI is InChI=1S/C18H30N2/c1-14-8-6-7-9-16(14)10-11-20-13-17(18(3,4)5)19-12-15(20)2/h6-9,15,17,19H,10-13H2,1-5H3. The molecule has 1 fully saturated rings. The maximum atomic E-state index is 3.71. The molecule has 1 saturated heterocycles. The van der Waals surface area contributed by atoms with Crippen LogP contribution in [0.25, 0.3) is 0 Å². The van der Waals surface area contributed by atoms with E-state index >= 15 is 0 Å². The number of nitrogens with zero attached hydrogens (tertiary/aromatic N) is 1. The Morgan fingerprint density at radius 3 is 2.60 bits per heavy atom. The molecule has 20 heavy (non-hydrogen) atoms. The molecule has 2 nitrogen and oxygen atoms in total. The maximum absolute atomic E-state index is 3.71. The molecule has 0 saturated carbocycles. The first kappa shape index (κ1) is 15.5. The van der Waals surface area contributed by atoms with E-state index in [0.717, 1.165) is 19.5 Å². The topological polar surface area (TPSA) is 15.3 Å². The van der Waals surface area contributed by atoms with Gasteiger partial charge in [0, 0.05) is 31.7 Å². The minimum atomic E-state index is 0.334. The molecule has 1 heterocycles. The van der Waals surface area contributed by atoms with Crippen LogP contribution in [0.4, 0.5) is 0 Å². The van der Waals surface area contributed by atoms with Crippen LogP contribution in [-0.4, -0.2) is 36.6 Å². The molecule has 0 aliphatic carbocycles. The number of hydrogen-bond donors (Lipinski definition) is 1. The van der Waals surface area contributed by atoms with E-state index in [4.69, 9.17) is 0 Å². The third-order valence-electron chi connectivity index (χ3n) is 4.68. The summed E-state index contributed by atoms with van der Waals surface area (Å²) in [7, 11) is 0. The summed E-state index contributed by atoms with van der Waals surface area (Å²) < 4.78 is 0. The molecule has 0 bridgehead atoms. The average Bonchev–Trinajstić information content (AvgIpc) is 2.38. The van der Waals surface area contributed by atoms with Crippen molar-refractivity contribution in [1.29, 1.82) is 0 Å². The minimum Gasteiger partial charge on any atom is -0.311 e. The van der Waals surface area contributed by atoms with Crippen molar-refractivity contribution in [2.45, 2.75) is 53.1 Å². The van der Waals surface area contributed by atoms with Gasteiger partial charge in [0.15, 0.2) is 0 Å². The van der Waals surface area contributed by atoms with E-state index in [0.29, 0.717) is 17.5 Å². The summed E-state index contributed by atoms with van der Waals surface area (Å²) in [4.78, 5) is 2.65. The fraction of sp³-hybridized carbons (Fsp3) is 0.667. The Morgan fingerprint density at radius 1 is 1.25 bits per heavy atom. The van der Waals surface area contributed by atoms with Gasteiger partial charge in [0.25, 0.3) is 0 Å². The first-order chi connectivity index (χ1) is 9.38. The fourth-order valence-corrected chi connectivity index (χ4v) is 2.97. The highest BCUT2D eigenvalue weighted by Gasteiger charge is 2.31. The van der Waals surface area contributed by atoms with Crippen LogP contribution in [0.15, 0.2) is 24.3 Å². The van der Waals surface area contributed by atoms with Crippen molar-refractivity contribution in [1.82, 2.24) is 10.2 Å². The lowest BCUT2D eigenvalue weighted by Crippen LogP contribution is -2.59. The largest absolute Gasteiger partial charge is 0.311 e. The highest BCUT2D eigenvalue weighted by molar-refractivity contribution is 5.25. The van der Waals surface area contributed by atoms with E-state index in [1.165, 1.54) is 17.7 Å². The van der Waals surface area contributed by atoms with Crippen LogP contribution in [-0.2, 0) is 6.42 Å². The molecule has 112 valence electrons. The van der Waals surface area contributed by atoms with Crippen molar-refractivity contribution in [2.75, 3.05) is 19.6 Å². The van der Waals surface area contributed by atoms with Crippen LogP contribution in [0, 0.1) is 12.3 Å². The number of piperazine rings is 1. The van der Waals surface area contributed by atoms with Gasteiger partial charge in [-0.1, -0.05) is 45.0 Å². The number of rotatable bonds is 3. The van der Waals surface area contributed by atoms with Gasteiger partial charge in [0.05, 0.1) is 0 Å². The smallest absolute Gasteiger partial charge is 0.0244 e. The van der Waals surface area contributed by atoms with Crippen molar-refractivity contribution in [3.63, 3.8) is 0 Å². The van der Waals surface area contributed by atoms with Gasteiger partial charge in [-0.05, 0) is 36.8 Å². The van der Waals surface area contributed by atoms with Crippen LogP contribution in [0.5, 0.6) is 0 Å². The van der Waals surface area contributed by atoms with E-state index in [1.54, 1.807) is 0 Å². The summed E-state index contributed by atoms with van der Waals surface area (Å²) in [6.07, 6.45) is 1.16. The van der Waals surface area contributed by atoms with Gasteiger partial charge >= 0.3 is 0 Å². The zero-order chi connectivity index (χ0) is 14.8. The Bertz CT molecular complexity index is 433. The van der Waals surface area contributed by atoms with Crippen LogP contribution in [0.2, 0.25) is 0 Å². The number of nitrogens with one attached hydrogen (secondary N) is 1. The fourth-order valence-electron chi connectivity index (χ4n) is 2.97. The molecule has 1 aliphatic rings. The summed E-state index contributed by atoms with van der Waals surface area (Å²) in [5, 5.41) is 3.71. The lowest BCUT2D eigenvalue weighted by atomic mass is 9.84. The molecule has 0 aromatic heterocycles. The average molecular weight is 274 g/mol. The molecule has 2 heteroatoms. The molecule has 2 unspecified atom stereocenters. The Morgan fingerprint density at radius 2 is 1.95 bits per heavy atom. The zero-order valence-electron chi connectivity index (χ0n) is 13.7. The minimum absolute atomic E-state index is 0.334. The number of hydrogen-bond acceptors (Lipinski definition) is 2. The number of benzene rings is 1. The predicted molar refractivity (Wildman–Crippen MR) is 87.2 cm³/mol. The Labute approximate surface area is 124 Å². The number of aryl methyl sites for hydroxylation is 1. The van der Waals surface area contributed by atoms with Crippen LogP contribution < -0.4 is 5.32 Å². The maximum Gasteiger partial charge on any atom is 0.0244 e. The van der Waals surface area contributed by atoms with Gasteiger partial charge in [0.2, 0.25) is 0 Å². The molecule has 0 spiro atoms. The van der Waals surface area contributed by atoms with Crippen molar-refractivity contribution in [3.05, 3.63) is 35.4 Å². The molecule has 0 amide bonds. The molecule has 2 atom stereocenters. The highest BCUT2D eigenvalue weighted by Crippen LogP contribution is 2.23. The molecule has 1 N–H and O–H groups in total. The third kappa shape index (κ3) is 3.83. The third-order valence-corrected chi connectivity index (χ3v) is 4.68. The second-order valence-corrected chi connectivity index (χ2v) is 7.35. The van der Waals surface area contributed by atoms with Crippen molar-refractivity contribution in [3.8, 4) is 0 Å². The normalized spacial score (nSPS) is 24.9. The molecular weight excluding hydrogens is 244 g/mol. The first-order valence-electron chi connectivity index (χ1n) is 7.90. The SMILES string of the molecule is Cc1ccccc1CCN1CC(C(C)(C)C)NCC1C. The van der Waals surface area contributed by atoms with Crippen molar-refractivity contribution < 1.29 is 0 Å². The van der Waals surface area contributed by atoms with Gasteiger partial charge in [-0.25, -0.2) is 0 Å². The summed E-state index contributed by atoms with van der Waals surface area (Å²) >= 11 is 0. The van der Waals surface area contributed by atoms with E-state index in [2.05, 4.69) is 69.1 Å². The molecule has 0 radical (unpaired) electrons. The van der Waals surface area contributed by atoms with Crippen molar-refractivity contribution in [2.24, 2.45) is 5.41 Å². The Hall–Kier alpha value is -0.860. The predicted octanol–water partition coefficient (Wildman–Crippen LogP) is 3.25. The molecule has 2 rings (SSSR count). The lowest BCUT2D eigenvalue weighted by molar-refractivity contribution is 0.0948. The molecule has 1 aliphatic heterocycles. The van der Waals surface area contributed by atoms with Crippen LogP contribution >= 0.6 is 0 Å². The van der Waals surface area contributed by atoms with E-state index in [-0.39, 0.29) is 0 Å². The van der Waals surface area contributed by atoms with Crippen molar-refractivity contribution >= 4 is 0 Å². The Balaban J connectivity index is 1.95. The van der Waals surface area contributed by atoms with E-state index in [9.17, 15) is 0 Å². The van der Waals surface area contributed by atoms with Crippen LogP contribution in [0.1, 0.15) is 38.8 Å². The second kappa shape index (κ2) is 6.28. The Kier molecular flexibility index (Phi) is 4.87. The molecular formula is C18H30N2. The monoisotopic (exact) mass is 274 g/mol. The molecule has 1 aromatic rings. The van der Waals surface area contributed by atoms with Gasteiger partial charge < -0.3 is 5.32 Å². The van der Waals surface area contributed by atoms with E-state index in [1.807, 2.05) is 0 Å². The van der Waals surface area contributed by atoms with E-state index < -0.39 is 0 Å². The summed E-state index contributed by atoms with van der Waals surface area (Å²) in [6.45, 7) is 15.0. The van der Waals surface area contributed by atoms with Gasteiger partial charge in [-0.2, -0.15) is 0 Å². The van der Waals surface area contributed by atoms with Gasteiger partial charge in [0.1, 0.15) is 0 Å². The first-order valence-corrected chi connectivity index (χ1v) is 7.90. The summed E-state index contributed by atoms with van der Waals surface area (Å²) in [5.41, 5.74) is 3.24. The lowest BCUT2D eigenvalue weighted by Gasteiger charge is -2.44. The molecule has 1 aromatic carbocycles.